The van der Waals surface area contributed by atoms with Crippen LogP contribution in [0.4, 0.5) is 10.1 Å². The Kier molecular flexibility index (Phi) is 7.56. The van der Waals surface area contributed by atoms with Crippen molar-refractivity contribution in [2.45, 2.75) is 0 Å². The lowest BCUT2D eigenvalue weighted by atomic mass is 10.2. The maximum Gasteiger partial charge on any atom is 0.282 e. The summed E-state index contributed by atoms with van der Waals surface area (Å²) >= 11 is 9.73. The van der Waals surface area contributed by atoms with Gasteiger partial charge in [0.25, 0.3) is 11.5 Å². The number of amides is 1. The molecule has 0 aliphatic carbocycles. The molecule has 0 radical (unpaired) electrons. The first-order valence-corrected chi connectivity index (χ1v) is 13.8. The van der Waals surface area contributed by atoms with Crippen molar-refractivity contribution < 1.29 is 18.3 Å². The average Bonchev–Trinajstić information content (AvgIpc) is 3.40. The lowest BCUT2D eigenvalue weighted by molar-refractivity contribution is -0.118. The van der Waals surface area contributed by atoms with Crippen molar-refractivity contribution in [2.24, 2.45) is 5.10 Å². The molecule has 8 nitrogen and oxygen atoms in total. The number of halogens is 3. The molecule has 1 amide bonds. The maximum atomic E-state index is 13.6. The molecule has 0 unspecified atom stereocenters. The Labute approximate surface area is 251 Å². The van der Waals surface area contributed by atoms with E-state index in [0.717, 1.165) is 10.1 Å². The third-order valence-corrected chi connectivity index (χ3v) is 7.01. The van der Waals surface area contributed by atoms with Crippen molar-refractivity contribution in [2.75, 3.05) is 11.9 Å². The van der Waals surface area contributed by atoms with Gasteiger partial charge in [0, 0.05) is 21.7 Å². The molecule has 0 saturated heterocycles. The fourth-order valence-corrected chi connectivity index (χ4v) is 5.28. The van der Waals surface area contributed by atoms with Gasteiger partial charge in [-0.3, -0.25) is 9.59 Å². The first kappa shape index (κ1) is 27.4. The van der Waals surface area contributed by atoms with Crippen LogP contribution in [0.2, 0.25) is 5.02 Å². The van der Waals surface area contributed by atoms with Gasteiger partial charge in [0.1, 0.15) is 17.1 Å². The second kappa shape index (κ2) is 11.6. The second-order valence-corrected chi connectivity index (χ2v) is 10.4. The molecule has 1 N–H and O–H groups in total. The molecule has 0 spiro atoms. The largest absolute Gasteiger partial charge is 0.482 e. The summed E-state index contributed by atoms with van der Waals surface area (Å²) in [7, 11) is 0. The van der Waals surface area contributed by atoms with Crippen LogP contribution < -0.4 is 15.6 Å². The van der Waals surface area contributed by atoms with Crippen LogP contribution in [0.1, 0.15) is 5.56 Å². The van der Waals surface area contributed by atoms with Crippen molar-refractivity contribution in [3.05, 3.63) is 122 Å². The molecule has 0 aliphatic rings. The molecule has 4 aromatic carbocycles. The minimum Gasteiger partial charge on any atom is -0.482 e. The number of ether oxygens (including phenoxy) is 1. The number of carbonyl (C=O) groups is 1. The zero-order valence-electron chi connectivity index (χ0n) is 21.6. The van der Waals surface area contributed by atoms with Crippen molar-refractivity contribution in [3.8, 4) is 17.3 Å². The van der Waals surface area contributed by atoms with Crippen molar-refractivity contribution in [1.82, 2.24) is 9.66 Å². The van der Waals surface area contributed by atoms with Crippen molar-refractivity contribution in [1.29, 1.82) is 0 Å². The molecule has 2 aromatic heterocycles. The molecule has 6 aromatic rings. The summed E-state index contributed by atoms with van der Waals surface area (Å²) in [6, 6.07) is 24.9. The van der Waals surface area contributed by atoms with Crippen LogP contribution in [-0.2, 0) is 4.79 Å². The van der Waals surface area contributed by atoms with E-state index in [-0.39, 0.29) is 18.2 Å². The number of nitrogens with one attached hydrogen (secondary N) is 1. The Balaban J connectivity index is 1.37. The molecule has 11 heteroatoms. The molecule has 208 valence electrons. The molecule has 6 rings (SSSR count). The van der Waals surface area contributed by atoms with Gasteiger partial charge in [-0.15, -0.1) is 0 Å². The van der Waals surface area contributed by atoms with E-state index in [2.05, 4.69) is 31.3 Å². The third-order valence-electron chi connectivity index (χ3n) is 6.21. The predicted octanol–water partition coefficient (Wildman–Crippen LogP) is 7.26. The molecular formula is C31H19BrClFN4O4. The summed E-state index contributed by atoms with van der Waals surface area (Å²) < 4.78 is 26.9. The van der Waals surface area contributed by atoms with Crippen LogP contribution in [-0.4, -0.2) is 28.4 Å². The third kappa shape index (κ3) is 5.67. The highest BCUT2D eigenvalue weighted by atomic mass is 79.9. The van der Waals surface area contributed by atoms with E-state index in [1.165, 1.54) is 24.4 Å². The lowest BCUT2D eigenvalue weighted by Gasteiger charge is -2.12. The van der Waals surface area contributed by atoms with E-state index in [4.69, 9.17) is 20.8 Å². The van der Waals surface area contributed by atoms with Gasteiger partial charge >= 0.3 is 0 Å². The van der Waals surface area contributed by atoms with Crippen LogP contribution in [0.25, 0.3) is 33.5 Å². The summed E-state index contributed by atoms with van der Waals surface area (Å²) in [5.41, 5.74) is 1.38. The average molecular weight is 646 g/mol. The second-order valence-electron chi connectivity index (χ2n) is 9.12. The Morgan fingerprint density at radius 2 is 1.88 bits per heavy atom. The van der Waals surface area contributed by atoms with Crippen molar-refractivity contribution >= 4 is 67.2 Å². The van der Waals surface area contributed by atoms with E-state index in [0.29, 0.717) is 43.0 Å². The van der Waals surface area contributed by atoms with Gasteiger partial charge in [0.15, 0.2) is 12.4 Å². The number of nitrogens with zero attached hydrogens (tertiary/aromatic N) is 3. The molecule has 0 fully saturated rings. The Bertz CT molecular complexity index is 2040. The molecule has 2 heterocycles. The fourth-order valence-electron chi connectivity index (χ4n) is 4.33. The van der Waals surface area contributed by atoms with E-state index in [1.807, 2.05) is 24.3 Å². The zero-order valence-corrected chi connectivity index (χ0v) is 23.9. The Morgan fingerprint density at radius 1 is 1.07 bits per heavy atom. The monoisotopic (exact) mass is 644 g/mol. The summed E-state index contributed by atoms with van der Waals surface area (Å²) in [6.45, 7) is -0.390. The van der Waals surface area contributed by atoms with Crippen LogP contribution in [0, 0.1) is 5.82 Å². The number of fused-ring (bicyclic) bond motifs is 2. The summed E-state index contributed by atoms with van der Waals surface area (Å²) in [6.07, 6.45) is 1.39. The van der Waals surface area contributed by atoms with Crippen LogP contribution in [0.3, 0.4) is 0 Å². The number of aromatic nitrogens is 2. The first-order valence-electron chi connectivity index (χ1n) is 12.6. The van der Waals surface area contributed by atoms with Crippen LogP contribution >= 0.6 is 27.5 Å². The minimum atomic E-state index is -0.507. The predicted molar refractivity (Wildman–Crippen MR) is 164 cm³/mol. The van der Waals surface area contributed by atoms with Gasteiger partial charge in [-0.25, -0.2) is 9.37 Å². The van der Waals surface area contributed by atoms with Gasteiger partial charge in [0.05, 0.1) is 21.6 Å². The number of rotatable bonds is 7. The highest BCUT2D eigenvalue weighted by molar-refractivity contribution is 9.10. The topological polar surface area (TPSA) is 98.7 Å². The molecule has 0 bridgehead atoms. The van der Waals surface area contributed by atoms with Gasteiger partial charge in [-0.05, 0) is 70.5 Å². The first-order chi connectivity index (χ1) is 20.4. The van der Waals surface area contributed by atoms with E-state index >= 15 is 0 Å². The summed E-state index contributed by atoms with van der Waals surface area (Å²) in [5.74, 6) is -0.177. The van der Waals surface area contributed by atoms with Crippen LogP contribution in [0.15, 0.2) is 110 Å². The number of hydrogen-bond acceptors (Lipinski definition) is 6. The van der Waals surface area contributed by atoms with Gasteiger partial charge < -0.3 is 14.5 Å². The number of furan rings is 1. The smallest absolute Gasteiger partial charge is 0.282 e. The number of anilines is 1. The van der Waals surface area contributed by atoms with Crippen molar-refractivity contribution in [3.63, 3.8) is 0 Å². The van der Waals surface area contributed by atoms with E-state index in [9.17, 15) is 14.0 Å². The lowest BCUT2D eigenvalue weighted by Crippen LogP contribution is -2.21. The highest BCUT2D eigenvalue weighted by Crippen LogP contribution is 2.32. The standard InChI is InChI=1S/C31H19BrClFN4O4/c32-24-14-20(33)12-19(29(24)41-17-28(39)36-22-8-5-7-21(34)15-22)16-35-38-30(27-13-18-6-1-4-11-26(18)42-27)37-25-10-3-2-9-23(25)31(38)40/h1-16H,17H2,(H,36,39). The van der Waals surface area contributed by atoms with Gasteiger partial charge in [-0.2, -0.15) is 9.78 Å². The Morgan fingerprint density at radius 3 is 2.71 bits per heavy atom. The Hall–Kier alpha value is -4.80. The summed E-state index contributed by atoms with van der Waals surface area (Å²) in [4.78, 5) is 30.8. The van der Waals surface area contributed by atoms with E-state index < -0.39 is 17.3 Å². The quantitative estimate of drug-likeness (QED) is 0.184. The van der Waals surface area contributed by atoms with Gasteiger partial charge in [0.2, 0.25) is 5.82 Å². The maximum absolute atomic E-state index is 13.6. The molecule has 0 aliphatic heterocycles. The molecular weight excluding hydrogens is 627 g/mol. The van der Waals surface area contributed by atoms with Crippen LogP contribution in [0.5, 0.6) is 5.75 Å². The number of benzene rings is 4. The molecule has 42 heavy (non-hydrogen) atoms. The van der Waals surface area contributed by atoms with Gasteiger partial charge in [-0.1, -0.05) is 48.0 Å². The highest BCUT2D eigenvalue weighted by Gasteiger charge is 2.17. The van der Waals surface area contributed by atoms with E-state index in [1.54, 1.807) is 48.5 Å². The molecule has 0 saturated carbocycles. The summed E-state index contributed by atoms with van der Waals surface area (Å²) in [5, 5.41) is 8.63. The number of hydrogen-bond donors (Lipinski definition) is 1. The fraction of sp³-hybridized carbons (Fsp3) is 0.0323. The normalized spacial score (nSPS) is 11.4. The minimum absolute atomic E-state index is 0.198. The zero-order chi connectivity index (χ0) is 29.2. The number of para-hydroxylation sites is 2. The number of carbonyl (C=O) groups excluding carboxylic acids is 1. The SMILES string of the molecule is O=C(COc1c(Br)cc(Cl)cc1C=Nn1c(-c2cc3ccccc3o2)nc2ccccc2c1=O)Nc1cccc(F)c1. The molecule has 0 atom stereocenters.